The zero-order valence-electron chi connectivity index (χ0n) is 21.8. The summed E-state index contributed by atoms with van der Waals surface area (Å²) in [6, 6.07) is 6.93. The lowest BCUT2D eigenvalue weighted by atomic mass is 10.1. The zero-order chi connectivity index (χ0) is 28.6. The number of alkyl halides is 3. The average molecular weight is 549 g/mol. The van der Waals surface area contributed by atoms with Crippen LogP contribution >= 0.6 is 0 Å². The molecule has 0 bridgehead atoms. The Hall–Kier alpha value is -4.29. The van der Waals surface area contributed by atoms with Crippen LogP contribution in [0.15, 0.2) is 42.7 Å². The number of alkyl carbamates (subject to hydrolysis) is 1. The van der Waals surface area contributed by atoms with Crippen LogP contribution in [0.4, 0.5) is 23.7 Å². The SMILES string of the molecule is CCC.COC(=O)NCC(=O)N1CCCC1c1ncc(-c2ccc(-c3ccc(N)cc3OC(F)(F)F)nc2)[nH]1. The molecule has 210 valence electrons. The molecule has 2 aromatic heterocycles. The maximum absolute atomic E-state index is 12.8. The van der Waals surface area contributed by atoms with E-state index in [2.05, 4.69) is 43.6 Å². The van der Waals surface area contributed by atoms with Crippen molar-refractivity contribution < 1.29 is 32.2 Å². The fraction of sp³-hybridized carbons (Fsp3) is 0.385. The number of hydrogen-bond donors (Lipinski definition) is 3. The molecular weight excluding hydrogens is 517 g/mol. The molecule has 1 aromatic carbocycles. The lowest BCUT2D eigenvalue weighted by molar-refractivity contribution is -0.274. The topological polar surface area (TPSA) is 135 Å². The summed E-state index contributed by atoms with van der Waals surface area (Å²) in [4.78, 5) is 37.4. The number of imidazole rings is 1. The van der Waals surface area contributed by atoms with E-state index < -0.39 is 18.2 Å². The Balaban J connectivity index is 0.00000134. The van der Waals surface area contributed by atoms with E-state index in [0.29, 0.717) is 30.0 Å². The smallest absolute Gasteiger partial charge is 0.453 e. The number of hydrogen-bond acceptors (Lipinski definition) is 7. The standard InChI is InChI=1S/C23H23F3N6O4.C3H8/c1-35-22(34)30-12-20(33)32-8-2-3-18(32)21-29-11-17(31-21)13-4-7-16(28-10-13)15-6-5-14(27)9-19(15)36-23(24,25)26;1-3-2/h4-7,9-11,18H,2-3,8,12,27H2,1H3,(H,29,31)(H,30,34);3H2,1-2H3. The average Bonchev–Trinajstić information content (AvgIpc) is 3.57. The van der Waals surface area contributed by atoms with E-state index in [4.69, 9.17) is 5.73 Å². The fourth-order valence-electron chi connectivity index (χ4n) is 4.00. The molecule has 1 unspecified atom stereocenters. The summed E-state index contributed by atoms with van der Waals surface area (Å²) < 4.78 is 47.0. The maximum atomic E-state index is 12.8. The number of benzene rings is 1. The van der Waals surface area contributed by atoms with E-state index in [-0.39, 0.29) is 35.4 Å². The third-order valence-electron chi connectivity index (χ3n) is 5.64. The first-order valence-corrected chi connectivity index (χ1v) is 12.3. The van der Waals surface area contributed by atoms with E-state index in [1.165, 1.54) is 31.9 Å². The third-order valence-corrected chi connectivity index (χ3v) is 5.64. The van der Waals surface area contributed by atoms with E-state index in [1.807, 2.05) is 0 Å². The number of nitrogens with two attached hydrogens (primary N) is 1. The lowest BCUT2D eigenvalue weighted by Gasteiger charge is -2.23. The number of rotatable bonds is 6. The number of likely N-dealkylation sites (tertiary alicyclic amines) is 1. The number of nitrogens with one attached hydrogen (secondary N) is 2. The van der Waals surface area contributed by atoms with E-state index in [0.717, 1.165) is 12.5 Å². The van der Waals surface area contributed by atoms with Gasteiger partial charge in [-0.25, -0.2) is 9.78 Å². The van der Waals surface area contributed by atoms with Gasteiger partial charge in [-0.2, -0.15) is 0 Å². The van der Waals surface area contributed by atoms with Gasteiger partial charge in [-0.1, -0.05) is 20.3 Å². The van der Waals surface area contributed by atoms with Gasteiger partial charge in [-0.05, 0) is 37.1 Å². The van der Waals surface area contributed by atoms with Crippen molar-refractivity contribution >= 4 is 17.7 Å². The molecule has 3 heterocycles. The number of aromatic amines is 1. The van der Waals surface area contributed by atoms with Crippen LogP contribution in [0.3, 0.4) is 0 Å². The van der Waals surface area contributed by atoms with Crippen LogP contribution < -0.4 is 15.8 Å². The number of H-pyrrole nitrogens is 1. The molecule has 1 aliphatic heterocycles. The van der Waals surface area contributed by atoms with Gasteiger partial charge < -0.3 is 30.4 Å². The number of anilines is 1. The Morgan fingerprint density at radius 1 is 1.18 bits per heavy atom. The number of carbonyl (C=O) groups excluding carboxylic acids is 2. The molecule has 4 rings (SSSR count). The molecule has 1 atom stereocenters. The van der Waals surface area contributed by atoms with E-state index >= 15 is 0 Å². The number of amides is 2. The maximum Gasteiger partial charge on any atom is 0.573 e. The Bertz CT molecular complexity index is 1260. The van der Waals surface area contributed by atoms with Gasteiger partial charge in [0.25, 0.3) is 0 Å². The Morgan fingerprint density at radius 3 is 2.56 bits per heavy atom. The molecule has 0 radical (unpaired) electrons. The predicted molar refractivity (Wildman–Crippen MR) is 138 cm³/mol. The molecule has 2 amide bonds. The number of carbonyl (C=O) groups is 2. The molecule has 13 heteroatoms. The summed E-state index contributed by atoms with van der Waals surface area (Å²) in [7, 11) is 1.22. The number of methoxy groups -OCH3 is 1. The fourth-order valence-corrected chi connectivity index (χ4v) is 4.00. The quantitative estimate of drug-likeness (QED) is 0.367. The van der Waals surface area contributed by atoms with Gasteiger partial charge in [0.05, 0.1) is 30.7 Å². The van der Waals surface area contributed by atoms with Crippen LogP contribution in [0, 0.1) is 0 Å². The van der Waals surface area contributed by atoms with Crippen LogP contribution in [0.5, 0.6) is 5.75 Å². The molecule has 10 nitrogen and oxygen atoms in total. The van der Waals surface area contributed by atoms with Gasteiger partial charge in [0, 0.05) is 35.6 Å². The van der Waals surface area contributed by atoms with Crippen molar-refractivity contribution in [3.63, 3.8) is 0 Å². The van der Waals surface area contributed by atoms with Crippen molar-refractivity contribution in [1.82, 2.24) is 25.2 Å². The van der Waals surface area contributed by atoms with Gasteiger partial charge in [-0.15, -0.1) is 13.2 Å². The molecule has 1 fully saturated rings. The lowest BCUT2D eigenvalue weighted by Crippen LogP contribution is -2.40. The van der Waals surface area contributed by atoms with Crippen molar-refractivity contribution in [2.24, 2.45) is 0 Å². The highest BCUT2D eigenvalue weighted by atomic mass is 19.4. The predicted octanol–water partition coefficient (Wildman–Crippen LogP) is 5.06. The molecule has 4 N–H and O–H groups in total. The Labute approximate surface area is 223 Å². The van der Waals surface area contributed by atoms with Gasteiger partial charge in [-0.3, -0.25) is 9.78 Å². The third kappa shape index (κ3) is 7.85. The molecule has 1 aliphatic rings. The summed E-state index contributed by atoms with van der Waals surface area (Å²) >= 11 is 0. The second-order valence-corrected chi connectivity index (χ2v) is 8.72. The minimum atomic E-state index is -4.88. The molecule has 1 saturated heterocycles. The number of ether oxygens (including phenoxy) is 2. The highest BCUT2D eigenvalue weighted by Crippen LogP contribution is 2.35. The highest BCUT2D eigenvalue weighted by molar-refractivity contribution is 5.82. The summed E-state index contributed by atoms with van der Waals surface area (Å²) in [5.74, 6) is -0.121. The first kappa shape index (κ1) is 29.3. The second kappa shape index (κ2) is 13.0. The summed E-state index contributed by atoms with van der Waals surface area (Å²) in [5, 5.41) is 2.38. The first-order chi connectivity index (χ1) is 18.6. The van der Waals surface area contributed by atoms with Crippen molar-refractivity contribution in [1.29, 1.82) is 0 Å². The van der Waals surface area contributed by atoms with Gasteiger partial charge in [0.1, 0.15) is 18.1 Å². The van der Waals surface area contributed by atoms with Crippen molar-refractivity contribution in [3.8, 4) is 28.3 Å². The summed E-state index contributed by atoms with van der Waals surface area (Å²) in [6.07, 6.45) is 0.267. The van der Waals surface area contributed by atoms with Gasteiger partial charge in [0.15, 0.2) is 0 Å². The van der Waals surface area contributed by atoms with Crippen LogP contribution in [-0.4, -0.2) is 58.4 Å². The summed E-state index contributed by atoms with van der Waals surface area (Å²) in [6.45, 7) is 4.59. The van der Waals surface area contributed by atoms with E-state index in [1.54, 1.807) is 23.2 Å². The van der Waals surface area contributed by atoms with Crippen LogP contribution in [0.25, 0.3) is 22.5 Å². The molecule has 0 aliphatic carbocycles. The van der Waals surface area contributed by atoms with Gasteiger partial charge in [0.2, 0.25) is 5.91 Å². The number of nitrogens with zero attached hydrogens (tertiary/aromatic N) is 3. The van der Waals surface area contributed by atoms with Gasteiger partial charge >= 0.3 is 12.5 Å². The van der Waals surface area contributed by atoms with Crippen molar-refractivity contribution in [2.75, 3.05) is 25.9 Å². The Morgan fingerprint density at radius 2 is 1.92 bits per heavy atom. The number of aromatic nitrogens is 3. The highest BCUT2D eigenvalue weighted by Gasteiger charge is 2.33. The number of halogens is 3. The molecular formula is C26H31F3N6O4. The molecule has 0 spiro atoms. The molecule has 0 saturated carbocycles. The monoisotopic (exact) mass is 548 g/mol. The van der Waals surface area contributed by atoms with E-state index in [9.17, 15) is 22.8 Å². The molecule has 3 aromatic rings. The number of nitrogen functional groups attached to an aromatic ring is 1. The number of pyridine rings is 1. The van der Waals surface area contributed by atoms with Crippen molar-refractivity contribution in [2.45, 2.75) is 45.5 Å². The zero-order valence-corrected chi connectivity index (χ0v) is 21.8. The Kier molecular flexibility index (Phi) is 9.74. The summed E-state index contributed by atoms with van der Waals surface area (Å²) in [5.41, 5.74) is 7.42. The van der Waals surface area contributed by atoms with Crippen LogP contribution in [-0.2, 0) is 9.53 Å². The first-order valence-electron chi connectivity index (χ1n) is 12.3. The minimum absolute atomic E-state index is 0.125. The van der Waals surface area contributed by atoms with Crippen molar-refractivity contribution in [3.05, 3.63) is 48.5 Å². The normalized spacial score (nSPS) is 14.8. The second-order valence-electron chi connectivity index (χ2n) is 8.72. The largest absolute Gasteiger partial charge is 0.573 e. The van der Waals surface area contributed by atoms with Crippen LogP contribution in [0.1, 0.15) is 45.0 Å². The minimum Gasteiger partial charge on any atom is -0.453 e. The molecule has 39 heavy (non-hydrogen) atoms. The van der Waals surface area contributed by atoms with Crippen LogP contribution in [0.2, 0.25) is 0 Å².